The van der Waals surface area contributed by atoms with Crippen molar-refractivity contribution in [3.8, 4) is 5.75 Å². The van der Waals surface area contributed by atoms with Crippen LogP contribution in [0.2, 0.25) is 0 Å². The van der Waals surface area contributed by atoms with E-state index >= 15 is 0 Å². The van der Waals surface area contributed by atoms with E-state index in [2.05, 4.69) is 65.1 Å². The first-order chi connectivity index (χ1) is 19.0. The molecule has 0 unspecified atom stereocenters. The Kier molecular flexibility index (Phi) is 10.8. The molecule has 210 valence electrons. The number of hydrazine groups is 1. The van der Waals surface area contributed by atoms with Crippen LogP contribution in [0.3, 0.4) is 0 Å². The van der Waals surface area contributed by atoms with Crippen molar-refractivity contribution in [1.29, 1.82) is 0 Å². The summed E-state index contributed by atoms with van der Waals surface area (Å²) in [5.74, 6) is -0.758. The number of thiocarbonyl (C=S) groups is 1. The van der Waals surface area contributed by atoms with Gasteiger partial charge >= 0.3 is 0 Å². The SMILES string of the molecule is CCCCOc1ccc(Br)cc1C(=O)NC(=S)NNC(=O)c1ccc(NC(=O)c2ccc(C(C)(C)C)cc2)cc1. The standard InChI is InChI=1S/C30H33BrN4O4S/c1-5-6-17-39-25-16-13-22(31)18-24(25)28(38)33-29(40)35-34-27(37)20-9-14-23(15-10-20)32-26(36)19-7-11-21(12-8-19)30(2,3)4/h7-16,18H,5-6,17H2,1-4H3,(H,32,36)(H,34,37)(H2,33,35,38,40). The molecule has 0 aliphatic rings. The molecular weight excluding hydrogens is 592 g/mol. The highest BCUT2D eigenvalue weighted by molar-refractivity contribution is 9.10. The molecule has 3 rings (SSSR count). The number of carbonyl (C=O) groups is 3. The van der Waals surface area contributed by atoms with Gasteiger partial charge in [-0.1, -0.05) is 62.2 Å². The minimum absolute atomic E-state index is 0.00127. The van der Waals surface area contributed by atoms with E-state index in [1.54, 1.807) is 54.6 Å². The normalized spacial score (nSPS) is 10.8. The zero-order valence-corrected chi connectivity index (χ0v) is 25.3. The molecule has 3 aromatic rings. The van der Waals surface area contributed by atoms with E-state index in [1.165, 1.54) is 0 Å². The topological polar surface area (TPSA) is 109 Å². The molecule has 10 heteroatoms. The molecule has 3 amide bonds. The molecule has 0 saturated carbocycles. The van der Waals surface area contributed by atoms with E-state index < -0.39 is 11.8 Å². The summed E-state index contributed by atoms with van der Waals surface area (Å²) in [6.07, 6.45) is 1.83. The van der Waals surface area contributed by atoms with Crippen molar-refractivity contribution in [3.05, 3.63) is 93.5 Å². The third-order valence-electron chi connectivity index (χ3n) is 5.88. The van der Waals surface area contributed by atoms with Crippen LogP contribution in [0.5, 0.6) is 5.75 Å². The highest BCUT2D eigenvalue weighted by atomic mass is 79.9. The fraction of sp³-hybridized carbons (Fsp3) is 0.267. The number of anilines is 1. The smallest absolute Gasteiger partial charge is 0.269 e. The quantitative estimate of drug-likeness (QED) is 0.136. The zero-order valence-electron chi connectivity index (χ0n) is 22.9. The number of unbranched alkanes of at least 4 members (excludes halogenated alkanes) is 1. The lowest BCUT2D eigenvalue weighted by Gasteiger charge is -2.19. The molecule has 0 aliphatic heterocycles. The summed E-state index contributed by atoms with van der Waals surface area (Å²) in [7, 11) is 0. The number of amides is 3. The van der Waals surface area contributed by atoms with E-state index in [-0.39, 0.29) is 16.4 Å². The Morgan fingerprint density at radius 3 is 2.10 bits per heavy atom. The van der Waals surface area contributed by atoms with Gasteiger partial charge in [0.05, 0.1) is 12.2 Å². The molecule has 0 aliphatic carbocycles. The van der Waals surface area contributed by atoms with Gasteiger partial charge in [0, 0.05) is 21.3 Å². The van der Waals surface area contributed by atoms with Crippen molar-refractivity contribution in [2.24, 2.45) is 0 Å². The predicted octanol–water partition coefficient (Wildman–Crippen LogP) is 6.13. The predicted molar refractivity (Wildman–Crippen MR) is 165 cm³/mol. The van der Waals surface area contributed by atoms with Gasteiger partial charge in [0.2, 0.25) is 0 Å². The van der Waals surface area contributed by atoms with Crippen molar-refractivity contribution >= 4 is 56.7 Å². The van der Waals surface area contributed by atoms with E-state index in [0.29, 0.717) is 39.2 Å². The van der Waals surface area contributed by atoms with Crippen LogP contribution in [-0.2, 0) is 5.41 Å². The van der Waals surface area contributed by atoms with Crippen LogP contribution in [-0.4, -0.2) is 29.4 Å². The van der Waals surface area contributed by atoms with Crippen molar-refractivity contribution < 1.29 is 19.1 Å². The molecule has 0 atom stereocenters. The third kappa shape index (κ3) is 8.89. The molecule has 0 spiro atoms. The van der Waals surface area contributed by atoms with E-state index in [1.807, 2.05) is 12.1 Å². The van der Waals surface area contributed by atoms with Crippen LogP contribution in [0.1, 0.15) is 77.2 Å². The molecule has 0 aromatic heterocycles. The molecule has 40 heavy (non-hydrogen) atoms. The average molecular weight is 626 g/mol. The fourth-order valence-electron chi connectivity index (χ4n) is 3.55. The van der Waals surface area contributed by atoms with Crippen molar-refractivity contribution in [2.45, 2.75) is 46.0 Å². The molecule has 8 nitrogen and oxygen atoms in total. The highest BCUT2D eigenvalue weighted by Crippen LogP contribution is 2.24. The number of ether oxygens (including phenoxy) is 1. The van der Waals surface area contributed by atoms with Crippen LogP contribution in [0.4, 0.5) is 5.69 Å². The molecule has 0 fully saturated rings. The summed E-state index contributed by atoms with van der Waals surface area (Å²) in [4.78, 5) is 37.9. The maximum atomic E-state index is 12.8. The first-order valence-electron chi connectivity index (χ1n) is 12.8. The largest absolute Gasteiger partial charge is 0.493 e. The van der Waals surface area contributed by atoms with Crippen LogP contribution in [0, 0.1) is 0 Å². The van der Waals surface area contributed by atoms with Gasteiger partial charge in [0.25, 0.3) is 17.7 Å². The van der Waals surface area contributed by atoms with Crippen LogP contribution in [0.15, 0.2) is 71.2 Å². The average Bonchev–Trinajstić information content (AvgIpc) is 2.92. The van der Waals surface area contributed by atoms with Gasteiger partial charge < -0.3 is 10.1 Å². The molecule has 3 aromatic carbocycles. The number of hydrogen-bond acceptors (Lipinski definition) is 5. The lowest BCUT2D eigenvalue weighted by molar-refractivity contribution is 0.0933. The van der Waals surface area contributed by atoms with Crippen molar-refractivity contribution in [2.75, 3.05) is 11.9 Å². The summed E-state index contributed by atoms with van der Waals surface area (Å²) < 4.78 is 6.44. The van der Waals surface area contributed by atoms with E-state index in [4.69, 9.17) is 17.0 Å². The minimum atomic E-state index is -0.479. The zero-order chi connectivity index (χ0) is 29.3. The Morgan fingerprint density at radius 1 is 0.850 bits per heavy atom. The summed E-state index contributed by atoms with van der Waals surface area (Å²) in [5.41, 5.74) is 7.84. The number of hydrogen-bond donors (Lipinski definition) is 4. The van der Waals surface area contributed by atoms with Crippen molar-refractivity contribution in [1.82, 2.24) is 16.2 Å². The number of halogens is 1. The Labute approximate surface area is 248 Å². The summed E-state index contributed by atoms with van der Waals surface area (Å²) in [6, 6.07) is 19.0. The fourth-order valence-corrected chi connectivity index (χ4v) is 4.05. The maximum absolute atomic E-state index is 12.8. The first-order valence-corrected chi connectivity index (χ1v) is 14.0. The molecule has 0 radical (unpaired) electrons. The first kappa shape index (κ1) is 30.8. The Balaban J connectivity index is 1.52. The molecule has 0 bridgehead atoms. The van der Waals surface area contributed by atoms with Gasteiger partial charge in [-0.2, -0.15) is 0 Å². The van der Waals surface area contributed by atoms with Crippen LogP contribution in [0.25, 0.3) is 0 Å². The van der Waals surface area contributed by atoms with E-state index in [0.717, 1.165) is 18.4 Å². The minimum Gasteiger partial charge on any atom is -0.493 e. The summed E-state index contributed by atoms with van der Waals surface area (Å²) in [6.45, 7) is 8.89. The monoisotopic (exact) mass is 624 g/mol. The number of carbonyl (C=O) groups excluding carboxylic acids is 3. The van der Waals surface area contributed by atoms with Gasteiger partial charge in [0.1, 0.15) is 5.75 Å². The molecule has 0 heterocycles. The lowest BCUT2D eigenvalue weighted by Crippen LogP contribution is -2.48. The van der Waals surface area contributed by atoms with Gasteiger partial charge in [-0.25, -0.2) is 0 Å². The van der Waals surface area contributed by atoms with Gasteiger partial charge in [-0.05, 0) is 84.2 Å². The Bertz CT molecular complexity index is 1370. The third-order valence-corrected chi connectivity index (χ3v) is 6.57. The number of nitrogens with one attached hydrogen (secondary N) is 4. The lowest BCUT2D eigenvalue weighted by atomic mass is 9.87. The molecule has 0 saturated heterocycles. The van der Waals surface area contributed by atoms with Crippen molar-refractivity contribution in [3.63, 3.8) is 0 Å². The second-order valence-electron chi connectivity index (χ2n) is 10.1. The Morgan fingerprint density at radius 2 is 1.48 bits per heavy atom. The summed E-state index contributed by atoms with van der Waals surface area (Å²) in [5, 5.41) is 5.28. The van der Waals surface area contributed by atoms with Crippen LogP contribution < -0.4 is 26.2 Å². The molecule has 4 N–H and O–H groups in total. The van der Waals surface area contributed by atoms with Gasteiger partial charge in [-0.15, -0.1) is 0 Å². The van der Waals surface area contributed by atoms with Gasteiger partial charge in [-0.3, -0.25) is 30.6 Å². The maximum Gasteiger partial charge on any atom is 0.269 e. The van der Waals surface area contributed by atoms with Gasteiger partial charge in [0.15, 0.2) is 5.11 Å². The second kappa shape index (κ2) is 14.0. The van der Waals surface area contributed by atoms with Crippen LogP contribution >= 0.6 is 28.1 Å². The Hall–Kier alpha value is -3.76. The second-order valence-corrected chi connectivity index (χ2v) is 11.4. The summed E-state index contributed by atoms with van der Waals surface area (Å²) >= 11 is 8.53. The highest BCUT2D eigenvalue weighted by Gasteiger charge is 2.16. The molecular formula is C30H33BrN4O4S. The number of benzene rings is 3. The van der Waals surface area contributed by atoms with E-state index in [9.17, 15) is 14.4 Å². The number of rotatable bonds is 8.